The molecule has 5 heteroatoms. The molecule has 1 aromatic heterocycles. The zero-order chi connectivity index (χ0) is 20.3. The van der Waals surface area contributed by atoms with Gasteiger partial charge in [-0.2, -0.15) is 5.10 Å². The van der Waals surface area contributed by atoms with Crippen LogP contribution in [0.1, 0.15) is 70.8 Å². The molecule has 2 aliphatic carbocycles. The third-order valence-corrected chi connectivity index (χ3v) is 7.26. The molecule has 3 unspecified atom stereocenters. The second-order valence-electron chi connectivity index (χ2n) is 10.6. The van der Waals surface area contributed by atoms with E-state index >= 15 is 0 Å². The van der Waals surface area contributed by atoms with Crippen LogP contribution in [0.3, 0.4) is 0 Å². The molecular formula is C23H36N4O. The SMILES string of the molecule is CC(C)C(=O)N(C)C1C=CC2C[C@](C)(c3n[nH]c4c3CCC(C)(C)C4)NC2C1. The van der Waals surface area contributed by atoms with E-state index in [9.17, 15) is 4.79 Å². The van der Waals surface area contributed by atoms with Crippen LogP contribution in [0.15, 0.2) is 12.2 Å². The fourth-order valence-corrected chi connectivity index (χ4v) is 5.56. The second kappa shape index (κ2) is 6.72. The molecule has 0 aromatic carbocycles. The fourth-order valence-electron chi connectivity index (χ4n) is 5.56. The number of rotatable bonds is 3. The van der Waals surface area contributed by atoms with Crippen LogP contribution in [0.4, 0.5) is 0 Å². The highest BCUT2D eigenvalue weighted by Crippen LogP contribution is 2.44. The van der Waals surface area contributed by atoms with Gasteiger partial charge in [0.1, 0.15) is 0 Å². The lowest BCUT2D eigenvalue weighted by Crippen LogP contribution is -2.46. The van der Waals surface area contributed by atoms with Crippen molar-refractivity contribution < 1.29 is 4.79 Å². The molecule has 2 N–H and O–H groups in total. The van der Waals surface area contributed by atoms with E-state index in [2.05, 4.69) is 43.3 Å². The summed E-state index contributed by atoms with van der Waals surface area (Å²) in [5.74, 6) is 0.770. The quantitative estimate of drug-likeness (QED) is 0.784. The van der Waals surface area contributed by atoms with Gasteiger partial charge in [0.05, 0.1) is 17.3 Å². The number of hydrogen-bond acceptors (Lipinski definition) is 3. The predicted octanol–water partition coefficient (Wildman–Crippen LogP) is 3.56. The number of H-pyrrole nitrogens is 1. The van der Waals surface area contributed by atoms with Crippen molar-refractivity contribution in [1.29, 1.82) is 0 Å². The van der Waals surface area contributed by atoms with E-state index in [0.717, 1.165) is 25.7 Å². The molecule has 1 aliphatic heterocycles. The van der Waals surface area contributed by atoms with Gasteiger partial charge in [0.25, 0.3) is 0 Å². The van der Waals surface area contributed by atoms with Crippen molar-refractivity contribution >= 4 is 5.91 Å². The fraction of sp³-hybridized carbons (Fsp3) is 0.739. The number of fused-ring (bicyclic) bond motifs is 2. The number of aromatic nitrogens is 2. The minimum Gasteiger partial charge on any atom is -0.339 e. The molecule has 5 nitrogen and oxygen atoms in total. The molecule has 0 radical (unpaired) electrons. The minimum absolute atomic E-state index is 0.0396. The second-order valence-corrected chi connectivity index (χ2v) is 10.6. The summed E-state index contributed by atoms with van der Waals surface area (Å²) in [6, 6.07) is 0.578. The number of amides is 1. The van der Waals surface area contributed by atoms with Crippen LogP contribution in [0, 0.1) is 17.3 Å². The van der Waals surface area contributed by atoms with Crippen LogP contribution in [0.5, 0.6) is 0 Å². The maximum absolute atomic E-state index is 12.4. The first-order valence-corrected chi connectivity index (χ1v) is 10.9. The van der Waals surface area contributed by atoms with Crippen molar-refractivity contribution in [3.05, 3.63) is 29.1 Å². The zero-order valence-electron chi connectivity index (χ0n) is 18.3. The first kappa shape index (κ1) is 19.7. The van der Waals surface area contributed by atoms with Gasteiger partial charge in [0.2, 0.25) is 5.91 Å². The lowest BCUT2D eigenvalue weighted by Gasteiger charge is -2.34. The molecule has 1 amide bonds. The molecule has 1 aromatic rings. The molecule has 4 rings (SSSR count). The Hall–Kier alpha value is -1.62. The van der Waals surface area contributed by atoms with E-state index < -0.39 is 0 Å². The molecule has 1 saturated heterocycles. The van der Waals surface area contributed by atoms with Crippen LogP contribution in [0.2, 0.25) is 0 Å². The zero-order valence-corrected chi connectivity index (χ0v) is 18.3. The smallest absolute Gasteiger partial charge is 0.225 e. The first-order chi connectivity index (χ1) is 13.1. The highest BCUT2D eigenvalue weighted by atomic mass is 16.2. The Bertz CT molecular complexity index is 793. The summed E-state index contributed by atoms with van der Waals surface area (Å²) in [7, 11) is 1.94. The van der Waals surface area contributed by atoms with Crippen molar-refractivity contribution in [1.82, 2.24) is 20.4 Å². The normalized spacial score (nSPS) is 33.6. The monoisotopic (exact) mass is 384 g/mol. The predicted molar refractivity (Wildman–Crippen MR) is 112 cm³/mol. The molecule has 0 spiro atoms. The summed E-state index contributed by atoms with van der Waals surface area (Å²) < 4.78 is 0. The van der Waals surface area contributed by atoms with Gasteiger partial charge in [-0.15, -0.1) is 0 Å². The maximum Gasteiger partial charge on any atom is 0.225 e. The van der Waals surface area contributed by atoms with Gasteiger partial charge in [-0.3, -0.25) is 9.89 Å². The Balaban J connectivity index is 1.52. The van der Waals surface area contributed by atoms with Gasteiger partial charge >= 0.3 is 0 Å². The standard InChI is InChI=1S/C23H36N4O/c1-14(2)21(28)27(6)16-8-7-15-12-23(5,24-18(15)11-16)20-17-9-10-22(3,4)13-19(17)25-26-20/h7-8,14-16,18,24H,9-13H2,1-6H3,(H,25,26)/t15?,16?,18?,23-/m1/s1. The van der Waals surface area contributed by atoms with Crippen molar-refractivity contribution in [3.63, 3.8) is 0 Å². The van der Waals surface area contributed by atoms with E-state index in [-0.39, 0.29) is 23.4 Å². The number of hydrogen-bond donors (Lipinski definition) is 2. The average molecular weight is 385 g/mol. The van der Waals surface area contributed by atoms with E-state index in [1.54, 1.807) is 0 Å². The number of nitrogens with one attached hydrogen (secondary N) is 2. The largest absolute Gasteiger partial charge is 0.339 e. The molecule has 2 heterocycles. The lowest BCUT2D eigenvalue weighted by molar-refractivity contribution is -0.134. The third kappa shape index (κ3) is 3.32. The third-order valence-electron chi connectivity index (χ3n) is 7.26. The van der Waals surface area contributed by atoms with E-state index in [4.69, 9.17) is 5.10 Å². The van der Waals surface area contributed by atoms with Gasteiger partial charge in [-0.25, -0.2) is 0 Å². The van der Waals surface area contributed by atoms with E-state index in [1.165, 1.54) is 23.4 Å². The molecule has 4 atom stereocenters. The Morgan fingerprint density at radius 1 is 1.29 bits per heavy atom. The minimum atomic E-state index is -0.0965. The maximum atomic E-state index is 12.4. The first-order valence-electron chi connectivity index (χ1n) is 10.9. The molecule has 0 bridgehead atoms. The Kier molecular flexibility index (Phi) is 4.72. The van der Waals surface area contributed by atoms with Crippen LogP contribution >= 0.6 is 0 Å². The molecule has 0 saturated carbocycles. The highest BCUT2D eigenvalue weighted by Gasteiger charge is 2.47. The van der Waals surface area contributed by atoms with Gasteiger partial charge in [0, 0.05) is 24.7 Å². The summed E-state index contributed by atoms with van der Waals surface area (Å²) >= 11 is 0. The number of likely N-dealkylation sites (N-methyl/N-ethyl adjacent to an activating group) is 1. The Morgan fingerprint density at radius 2 is 2.04 bits per heavy atom. The van der Waals surface area contributed by atoms with E-state index in [0.29, 0.717) is 17.4 Å². The summed E-state index contributed by atoms with van der Waals surface area (Å²) in [6.45, 7) is 11.0. The summed E-state index contributed by atoms with van der Waals surface area (Å²) in [5.41, 5.74) is 4.27. The average Bonchev–Trinajstić information content (AvgIpc) is 3.19. The molecule has 3 aliphatic rings. The van der Waals surface area contributed by atoms with Crippen molar-refractivity contribution in [3.8, 4) is 0 Å². The van der Waals surface area contributed by atoms with Crippen LogP contribution < -0.4 is 5.32 Å². The Morgan fingerprint density at radius 3 is 2.75 bits per heavy atom. The van der Waals surface area contributed by atoms with Crippen molar-refractivity contribution in [2.75, 3.05) is 7.05 Å². The number of nitrogens with zero attached hydrogens (tertiary/aromatic N) is 2. The molecule has 28 heavy (non-hydrogen) atoms. The van der Waals surface area contributed by atoms with Gasteiger partial charge < -0.3 is 10.2 Å². The van der Waals surface area contributed by atoms with Crippen LogP contribution in [-0.4, -0.2) is 40.1 Å². The summed E-state index contributed by atoms with van der Waals surface area (Å²) in [6.07, 6.45) is 10.1. The van der Waals surface area contributed by atoms with Crippen molar-refractivity contribution in [2.45, 2.75) is 84.3 Å². The molecule has 1 fully saturated rings. The number of carbonyl (C=O) groups is 1. The van der Waals surface area contributed by atoms with Gasteiger partial charge in [-0.1, -0.05) is 39.8 Å². The highest BCUT2D eigenvalue weighted by molar-refractivity contribution is 5.78. The lowest BCUT2D eigenvalue weighted by atomic mass is 9.74. The number of carbonyl (C=O) groups excluding carboxylic acids is 1. The van der Waals surface area contributed by atoms with Crippen LogP contribution in [0.25, 0.3) is 0 Å². The molecular weight excluding hydrogens is 348 g/mol. The summed E-state index contributed by atoms with van der Waals surface area (Å²) in [4.78, 5) is 14.3. The van der Waals surface area contributed by atoms with Gasteiger partial charge in [-0.05, 0) is 55.9 Å². The van der Waals surface area contributed by atoms with Gasteiger partial charge in [0.15, 0.2) is 0 Å². The van der Waals surface area contributed by atoms with Crippen LogP contribution in [-0.2, 0) is 23.2 Å². The molecule has 154 valence electrons. The topological polar surface area (TPSA) is 61.0 Å². The number of aromatic amines is 1. The van der Waals surface area contributed by atoms with E-state index in [1.807, 2.05) is 25.8 Å². The Labute approximate surface area is 169 Å². The summed E-state index contributed by atoms with van der Waals surface area (Å²) in [5, 5.41) is 12.1. The van der Waals surface area contributed by atoms with Crippen molar-refractivity contribution in [2.24, 2.45) is 17.3 Å².